The Bertz CT molecular complexity index is 1020. The first-order valence-corrected chi connectivity index (χ1v) is 8.71. The van der Waals surface area contributed by atoms with E-state index >= 15 is 0 Å². The van der Waals surface area contributed by atoms with Crippen molar-refractivity contribution in [2.24, 2.45) is 0 Å². The lowest BCUT2D eigenvalue weighted by atomic mass is 10.1. The maximum Gasteiger partial charge on any atom is 0.258 e. The number of nitrogens with one attached hydrogen (secondary N) is 2. The topological polar surface area (TPSA) is 67.4 Å². The number of carbonyl (C=O) groups is 2. The van der Waals surface area contributed by atoms with Crippen LogP contribution in [0.5, 0.6) is 11.5 Å². The van der Waals surface area contributed by atoms with Crippen molar-refractivity contribution in [2.45, 2.75) is 6.92 Å². The van der Waals surface area contributed by atoms with E-state index in [1.54, 1.807) is 48.5 Å². The second-order valence-corrected chi connectivity index (χ2v) is 6.29. The summed E-state index contributed by atoms with van der Waals surface area (Å²) >= 11 is 6.06. The van der Waals surface area contributed by atoms with Crippen molar-refractivity contribution in [3.8, 4) is 11.5 Å². The minimum Gasteiger partial charge on any atom is -0.456 e. The Balaban J connectivity index is 1.71. The van der Waals surface area contributed by atoms with Crippen LogP contribution in [0.4, 0.5) is 15.8 Å². The van der Waals surface area contributed by atoms with Crippen LogP contribution in [0.25, 0.3) is 0 Å². The number of hydrogen-bond donors (Lipinski definition) is 2. The van der Waals surface area contributed by atoms with E-state index in [1.807, 2.05) is 0 Å². The number of para-hydroxylation sites is 1. The average Bonchev–Trinajstić information content (AvgIpc) is 2.66. The number of rotatable bonds is 5. The molecule has 2 amide bonds. The lowest BCUT2D eigenvalue weighted by Crippen LogP contribution is -2.15. The summed E-state index contributed by atoms with van der Waals surface area (Å²) in [5.41, 5.74) is 0.617. The van der Waals surface area contributed by atoms with Crippen molar-refractivity contribution < 1.29 is 18.7 Å². The summed E-state index contributed by atoms with van der Waals surface area (Å²) in [6.07, 6.45) is 0. The van der Waals surface area contributed by atoms with Gasteiger partial charge in [0.05, 0.1) is 10.6 Å². The zero-order chi connectivity index (χ0) is 20.1. The van der Waals surface area contributed by atoms with Gasteiger partial charge < -0.3 is 15.4 Å². The van der Waals surface area contributed by atoms with Gasteiger partial charge in [0.2, 0.25) is 5.91 Å². The molecule has 0 bridgehead atoms. The number of hydrogen-bond acceptors (Lipinski definition) is 3. The molecule has 0 radical (unpaired) electrons. The molecule has 0 saturated carbocycles. The largest absolute Gasteiger partial charge is 0.456 e. The predicted molar refractivity (Wildman–Crippen MR) is 107 cm³/mol. The van der Waals surface area contributed by atoms with Crippen molar-refractivity contribution in [1.29, 1.82) is 0 Å². The van der Waals surface area contributed by atoms with Crippen molar-refractivity contribution in [2.75, 3.05) is 10.6 Å². The molecule has 2 N–H and O–H groups in total. The summed E-state index contributed by atoms with van der Waals surface area (Å²) in [7, 11) is 0. The second kappa shape index (κ2) is 8.54. The van der Waals surface area contributed by atoms with Gasteiger partial charge in [-0.2, -0.15) is 0 Å². The van der Waals surface area contributed by atoms with E-state index < -0.39 is 11.7 Å². The molecule has 0 atom stereocenters. The van der Waals surface area contributed by atoms with Crippen molar-refractivity contribution in [3.05, 3.63) is 83.1 Å². The highest BCUT2D eigenvalue weighted by Crippen LogP contribution is 2.29. The molecule has 3 aromatic rings. The summed E-state index contributed by atoms with van der Waals surface area (Å²) < 4.78 is 19.7. The normalized spacial score (nSPS) is 10.2. The fourth-order valence-corrected chi connectivity index (χ4v) is 2.61. The van der Waals surface area contributed by atoms with Crippen LogP contribution in [-0.4, -0.2) is 11.8 Å². The Labute approximate surface area is 166 Å². The van der Waals surface area contributed by atoms with E-state index in [1.165, 1.54) is 19.1 Å². The molecule has 0 aliphatic carbocycles. The molecule has 0 heterocycles. The molecule has 7 heteroatoms. The van der Waals surface area contributed by atoms with E-state index in [9.17, 15) is 14.0 Å². The summed E-state index contributed by atoms with van der Waals surface area (Å²) in [6.45, 7) is 1.33. The molecule has 0 saturated heterocycles. The lowest BCUT2D eigenvalue weighted by molar-refractivity contribution is -0.114. The number of ether oxygens (including phenoxy) is 1. The number of anilines is 2. The standard InChI is InChI=1S/C21H16ClFN2O3/c1-13(26)24-15-8-11-19(23)17(12-15)21(27)25-14-6-9-16(10-7-14)28-20-5-3-2-4-18(20)22/h2-12H,1H3,(H,24,26)(H,25,27). The predicted octanol–water partition coefficient (Wildman–Crippen LogP) is 5.48. The number of benzene rings is 3. The highest BCUT2D eigenvalue weighted by atomic mass is 35.5. The Morgan fingerprint density at radius 1 is 0.929 bits per heavy atom. The minimum atomic E-state index is -0.690. The van der Waals surface area contributed by atoms with Crippen LogP contribution in [0, 0.1) is 5.82 Å². The first-order chi connectivity index (χ1) is 13.4. The van der Waals surface area contributed by atoms with Crippen LogP contribution in [0.1, 0.15) is 17.3 Å². The molecule has 5 nitrogen and oxygen atoms in total. The SMILES string of the molecule is CC(=O)Nc1ccc(F)c(C(=O)Nc2ccc(Oc3ccccc3Cl)cc2)c1. The van der Waals surface area contributed by atoms with Gasteiger partial charge in [-0.15, -0.1) is 0 Å². The van der Waals surface area contributed by atoms with E-state index in [0.717, 1.165) is 6.07 Å². The number of halogens is 2. The molecule has 0 aromatic heterocycles. The third kappa shape index (κ3) is 4.86. The van der Waals surface area contributed by atoms with Crippen LogP contribution in [-0.2, 0) is 4.79 Å². The van der Waals surface area contributed by atoms with Crippen LogP contribution >= 0.6 is 11.6 Å². The summed E-state index contributed by atoms with van der Waals surface area (Å²) in [5.74, 6) is -0.593. The summed E-state index contributed by atoms with van der Waals surface area (Å²) in [5, 5.41) is 5.60. The van der Waals surface area contributed by atoms with Gasteiger partial charge in [-0.25, -0.2) is 4.39 Å². The smallest absolute Gasteiger partial charge is 0.258 e. The van der Waals surface area contributed by atoms with Crippen LogP contribution in [0.3, 0.4) is 0 Å². The molecule has 142 valence electrons. The first-order valence-electron chi connectivity index (χ1n) is 8.33. The van der Waals surface area contributed by atoms with E-state index in [-0.39, 0.29) is 11.5 Å². The molecule has 28 heavy (non-hydrogen) atoms. The lowest BCUT2D eigenvalue weighted by Gasteiger charge is -2.10. The van der Waals surface area contributed by atoms with Gasteiger partial charge in [0.1, 0.15) is 17.3 Å². The molecular formula is C21H16ClFN2O3. The van der Waals surface area contributed by atoms with Gasteiger partial charge in [-0.1, -0.05) is 23.7 Å². The molecule has 0 unspecified atom stereocenters. The maximum absolute atomic E-state index is 14.0. The Hall–Kier alpha value is -3.38. The minimum absolute atomic E-state index is 0.178. The fraction of sp³-hybridized carbons (Fsp3) is 0.0476. The third-order valence-electron chi connectivity index (χ3n) is 3.71. The zero-order valence-electron chi connectivity index (χ0n) is 14.8. The molecular weight excluding hydrogens is 383 g/mol. The van der Waals surface area contributed by atoms with Crippen LogP contribution < -0.4 is 15.4 Å². The summed E-state index contributed by atoms with van der Waals surface area (Å²) in [6, 6.07) is 17.4. The molecule has 0 aliphatic rings. The van der Waals surface area contributed by atoms with Gasteiger partial charge in [0.15, 0.2) is 0 Å². The molecule has 3 rings (SSSR count). The quantitative estimate of drug-likeness (QED) is 0.597. The summed E-state index contributed by atoms with van der Waals surface area (Å²) in [4.78, 5) is 23.5. The highest BCUT2D eigenvalue weighted by molar-refractivity contribution is 6.32. The fourth-order valence-electron chi connectivity index (χ4n) is 2.44. The van der Waals surface area contributed by atoms with Crippen molar-refractivity contribution >= 4 is 34.8 Å². The van der Waals surface area contributed by atoms with Crippen LogP contribution in [0.2, 0.25) is 5.02 Å². The Morgan fingerprint density at radius 3 is 2.29 bits per heavy atom. The van der Waals surface area contributed by atoms with Gasteiger partial charge in [-0.3, -0.25) is 9.59 Å². The molecule has 0 aliphatic heterocycles. The van der Waals surface area contributed by atoms with Crippen molar-refractivity contribution in [1.82, 2.24) is 0 Å². The van der Waals surface area contributed by atoms with Gasteiger partial charge in [-0.05, 0) is 54.6 Å². The van der Waals surface area contributed by atoms with E-state index in [2.05, 4.69) is 10.6 Å². The first kappa shape index (κ1) is 19.4. The zero-order valence-corrected chi connectivity index (χ0v) is 15.6. The Kier molecular flexibility index (Phi) is 5.91. The molecule has 0 fully saturated rings. The third-order valence-corrected chi connectivity index (χ3v) is 4.02. The van der Waals surface area contributed by atoms with Crippen LogP contribution in [0.15, 0.2) is 66.7 Å². The van der Waals surface area contributed by atoms with Crippen molar-refractivity contribution in [3.63, 3.8) is 0 Å². The van der Waals surface area contributed by atoms with Gasteiger partial charge >= 0.3 is 0 Å². The second-order valence-electron chi connectivity index (χ2n) is 5.89. The van der Waals surface area contributed by atoms with E-state index in [0.29, 0.717) is 27.9 Å². The van der Waals surface area contributed by atoms with Gasteiger partial charge in [0.25, 0.3) is 5.91 Å². The average molecular weight is 399 g/mol. The number of amides is 2. The van der Waals surface area contributed by atoms with E-state index in [4.69, 9.17) is 16.3 Å². The Morgan fingerprint density at radius 2 is 1.61 bits per heavy atom. The number of carbonyl (C=O) groups excluding carboxylic acids is 2. The monoisotopic (exact) mass is 398 g/mol. The highest BCUT2D eigenvalue weighted by Gasteiger charge is 2.13. The maximum atomic E-state index is 14.0. The molecule has 3 aromatic carbocycles. The molecule has 0 spiro atoms. The van der Waals surface area contributed by atoms with Gasteiger partial charge in [0, 0.05) is 18.3 Å².